The predicted octanol–water partition coefficient (Wildman–Crippen LogP) is 2.10. The second-order valence-corrected chi connectivity index (χ2v) is 3.74. The predicted molar refractivity (Wildman–Crippen MR) is 43.0 cm³/mol. The van der Waals surface area contributed by atoms with Crippen molar-refractivity contribution < 1.29 is 4.39 Å². The van der Waals surface area contributed by atoms with Crippen LogP contribution in [0.4, 0.5) is 4.39 Å². The molecule has 2 aliphatic rings. The monoisotopic (exact) mass is 155 g/mol. The molecule has 2 rings (SSSR count). The average molecular weight is 155 g/mol. The van der Waals surface area contributed by atoms with Crippen LogP contribution >= 0.6 is 0 Å². The molecular weight excluding hydrogens is 141 g/mol. The number of likely N-dealkylation sites (N-methyl/N-ethyl adjacent to an activating group) is 1. The molecule has 11 heavy (non-hydrogen) atoms. The van der Waals surface area contributed by atoms with Gasteiger partial charge in [-0.2, -0.15) is 0 Å². The van der Waals surface area contributed by atoms with Gasteiger partial charge in [-0.25, -0.2) is 4.39 Å². The quantitative estimate of drug-likeness (QED) is 0.517. The van der Waals surface area contributed by atoms with Crippen molar-refractivity contribution in [3.63, 3.8) is 0 Å². The Morgan fingerprint density at radius 3 is 2.91 bits per heavy atom. The summed E-state index contributed by atoms with van der Waals surface area (Å²) in [5.41, 5.74) is 0.982. The molecule has 0 amide bonds. The van der Waals surface area contributed by atoms with Crippen LogP contribution in [0.3, 0.4) is 0 Å². The van der Waals surface area contributed by atoms with Crippen molar-refractivity contribution in [2.24, 2.45) is 0 Å². The van der Waals surface area contributed by atoms with Gasteiger partial charge < -0.3 is 0 Å². The fourth-order valence-electron chi connectivity index (χ4n) is 2.30. The molecule has 0 aromatic carbocycles. The first-order valence-electron chi connectivity index (χ1n) is 4.27. The van der Waals surface area contributed by atoms with Crippen molar-refractivity contribution >= 4 is 0 Å². The second kappa shape index (κ2) is 2.31. The van der Waals surface area contributed by atoms with E-state index in [4.69, 9.17) is 0 Å². The Labute approximate surface area is 66.9 Å². The minimum atomic E-state index is 0.119. The molecule has 1 fully saturated rings. The van der Waals surface area contributed by atoms with Crippen LogP contribution in [-0.4, -0.2) is 24.0 Å². The molecule has 0 radical (unpaired) electrons. The van der Waals surface area contributed by atoms with E-state index < -0.39 is 0 Å². The minimum Gasteiger partial charge on any atom is -0.294 e. The van der Waals surface area contributed by atoms with Crippen LogP contribution in [0.15, 0.2) is 11.4 Å². The van der Waals surface area contributed by atoms with Crippen molar-refractivity contribution in [3.05, 3.63) is 11.4 Å². The maximum absolute atomic E-state index is 13.4. The highest BCUT2D eigenvalue weighted by Crippen LogP contribution is 2.38. The summed E-state index contributed by atoms with van der Waals surface area (Å²) in [7, 11) is 2.04. The highest BCUT2D eigenvalue weighted by Gasteiger charge is 2.38. The molecule has 62 valence electrons. The lowest BCUT2D eigenvalue weighted by molar-refractivity contribution is 0.218. The summed E-state index contributed by atoms with van der Waals surface area (Å²) in [4.78, 5) is 2.18. The number of nitrogens with zero attached hydrogens (tertiary/aromatic N) is 1. The zero-order valence-electron chi connectivity index (χ0n) is 7.10. The van der Waals surface area contributed by atoms with E-state index in [2.05, 4.69) is 4.90 Å². The number of hydrogen-bond donors (Lipinski definition) is 0. The van der Waals surface area contributed by atoms with Gasteiger partial charge in [-0.05, 0) is 38.8 Å². The third-order valence-electron chi connectivity index (χ3n) is 3.08. The lowest BCUT2D eigenvalue weighted by atomic mass is 10.0. The van der Waals surface area contributed by atoms with Gasteiger partial charge in [0.25, 0.3) is 0 Å². The molecule has 2 bridgehead atoms. The maximum Gasteiger partial charge on any atom is 0.116 e. The molecule has 0 aromatic heterocycles. The molecule has 2 heteroatoms. The van der Waals surface area contributed by atoms with Crippen LogP contribution in [0, 0.1) is 0 Å². The van der Waals surface area contributed by atoms with Crippen molar-refractivity contribution in [1.82, 2.24) is 4.90 Å². The summed E-state index contributed by atoms with van der Waals surface area (Å²) in [6.07, 6.45) is 3.13. The van der Waals surface area contributed by atoms with Gasteiger partial charge in [0.2, 0.25) is 0 Å². The smallest absolute Gasteiger partial charge is 0.116 e. The van der Waals surface area contributed by atoms with Crippen molar-refractivity contribution in [2.45, 2.75) is 38.3 Å². The molecule has 0 unspecified atom stereocenters. The summed E-state index contributed by atoms with van der Waals surface area (Å²) in [5.74, 6) is 0.140. The fourth-order valence-corrected chi connectivity index (χ4v) is 2.30. The van der Waals surface area contributed by atoms with E-state index >= 15 is 0 Å². The summed E-state index contributed by atoms with van der Waals surface area (Å²) in [5, 5.41) is 0. The Bertz CT molecular complexity index is 210. The van der Waals surface area contributed by atoms with Crippen LogP contribution in [0.1, 0.15) is 26.2 Å². The standard InChI is InChI=1S/C9H14FN/c1-6-5-7-3-4-8(9(6)10)11(7)2/h7-8H,3-5H2,1-2H3/t7-,8+/m0/s1. The number of halogens is 1. The van der Waals surface area contributed by atoms with E-state index in [0.29, 0.717) is 6.04 Å². The Hall–Kier alpha value is -0.370. The normalized spacial score (nSPS) is 38.5. The molecule has 2 aliphatic heterocycles. The molecule has 0 aromatic rings. The zero-order valence-corrected chi connectivity index (χ0v) is 7.10. The third kappa shape index (κ3) is 0.924. The molecular formula is C9H14FN. The second-order valence-electron chi connectivity index (χ2n) is 3.74. The topological polar surface area (TPSA) is 3.24 Å². The highest BCUT2D eigenvalue weighted by atomic mass is 19.1. The lowest BCUT2D eigenvalue weighted by Crippen LogP contribution is -2.36. The van der Waals surface area contributed by atoms with E-state index in [1.54, 1.807) is 0 Å². The van der Waals surface area contributed by atoms with Gasteiger partial charge in [-0.15, -0.1) is 0 Å². The Kier molecular flexibility index (Phi) is 1.53. The van der Waals surface area contributed by atoms with E-state index in [-0.39, 0.29) is 11.9 Å². The van der Waals surface area contributed by atoms with Gasteiger partial charge in [0.05, 0.1) is 6.04 Å². The van der Waals surface area contributed by atoms with Crippen molar-refractivity contribution in [3.8, 4) is 0 Å². The summed E-state index contributed by atoms with van der Waals surface area (Å²) < 4.78 is 13.4. The van der Waals surface area contributed by atoms with E-state index in [1.807, 2.05) is 14.0 Å². The number of rotatable bonds is 0. The van der Waals surface area contributed by atoms with Crippen LogP contribution < -0.4 is 0 Å². The molecule has 0 spiro atoms. The summed E-state index contributed by atoms with van der Waals surface area (Å²) in [6.45, 7) is 1.92. The van der Waals surface area contributed by atoms with Gasteiger partial charge in [0.15, 0.2) is 0 Å². The van der Waals surface area contributed by atoms with Crippen LogP contribution in [0.2, 0.25) is 0 Å². The highest BCUT2D eigenvalue weighted by molar-refractivity contribution is 5.20. The van der Waals surface area contributed by atoms with Gasteiger partial charge in [-0.3, -0.25) is 4.90 Å². The van der Waals surface area contributed by atoms with E-state index in [9.17, 15) is 4.39 Å². The van der Waals surface area contributed by atoms with Crippen molar-refractivity contribution in [1.29, 1.82) is 0 Å². The summed E-state index contributed by atoms with van der Waals surface area (Å²) >= 11 is 0. The molecule has 1 nitrogen and oxygen atoms in total. The maximum atomic E-state index is 13.4. The number of hydrogen-bond acceptors (Lipinski definition) is 1. The van der Waals surface area contributed by atoms with Crippen LogP contribution in [-0.2, 0) is 0 Å². The average Bonchev–Trinajstić information content (AvgIpc) is 2.23. The van der Waals surface area contributed by atoms with Gasteiger partial charge in [0, 0.05) is 6.04 Å². The third-order valence-corrected chi connectivity index (χ3v) is 3.08. The molecule has 1 saturated heterocycles. The summed E-state index contributed by atoms with van der Waals surface area (Å²) in [6, 6.07) is 0.744. The molecule has 0 N–H and O–H groups in total. The molecule has 0 aliphatic carbocycles. The Balaban J connectivity index is 2.32. The van der Waals surface area contributed by atoms with E-state index in [1.165, 1.54) is 6.42 Å². The van der Waals surface area contributed by atoms with Gasteiger partial charge in [-0.1, -0.05) is 0 Å². The van der Waals surface area contributed by atoms with Crippen LogP contribution in [0.25, 0.3) is 0 Å². The molecule has 0 saturated carbocycles. The largest absolute Gasteiger partial charge is 0.294 e. The fraction of sp³-hybridized carbons (Fsp3) is 0.778. The van der Waals surface area contributed by atoms with Crippen molar-refractivity contribution in [2.75, 3.05) is 7.05 Å². The van der Waals surface area contributed by atoms with E-state index in [0.717, 1.165) is 18.4 Å². The molecule has 2 heterocycles. The van der Waals surface area contributed by atoms with Crippen LogP contribution in [0.5, 0.6) is 0 Å². The molecule has 2 atom stereocenters. The first-order valence-corrected chi connectivity index (χ1v) is 4.27. The SMILES string of the molecule is CC1=C(F)[C@H]2CC[C@@H](C1)N2C. The minimum absolute atomic E-state index is 0.119. The Morgan fingerprint density at radius 2 is 2.18 bits per heavy atom. The lowest BCUT2D eigenvalue weighted by Gasteiger charge is -2.30. The first kappa shape index (κ1) is 7.29. The number of fused-ring (bicyclic) bond motifs is 2. The van der Waals surface area contributed by atoms with Gasteiger partial charge in [0.1, 0.15) is 5.83 Å². The zero-order chi connectivity index (χ0) is 8.01. The Morgan fingerprint density at radius 1 is 1.45 bits per heavy atom. The van der Waals surface area contributed by atoms with Gasteiger partial charge >= 0.3 is 0 Å². The first-order chi connectivity index (χ1) is 5.20.